The molecule has 0 atom stereocenters. The summed E-state index contributed by atoms with van der Waals surface area (Å²) in [6, 6.07) is 15.5. The number of hydrogen-bond acceptors (Lipinski definition) is 7. The van der Waals surface area contributed by atoms with Gasteiger partial charge in [0.15, 0.2) is 5.13 Å². The van der Waals surface area contributed by atoms with Crippen LogP contribution in [0.5, 0.6) is 0 Å². The second kappa shape index (κ2) is 10.7. The molecular weight excluding hydrogens is 498 g/mol. The third kappa shape index (κ3) is 6.52. The Morgan fingerprint density at radius 2 is 1.78 bits per heavy atom. The van der Waals surface area contributed by atoms with Crippen molar-refractivity contribution >= 4 is 44.0 Å². The molecule has 36 heavy (non-hydrogen) atoms. The minimum Gasteiger partial charge on any atom is -0.348 e. The molecule has 0 spiro atoms. The number of carbonyl (C=O) groups is 2. The Bertz CT molecular complexity index is 1500. The van der Waals surface area contributed by atoms with E-state index in [9.17, 15) is 18.0 Å². The number of amides is 2. The Balaban J connectivity index is 1.43. The molecule has 184 valence electrons. The van der Waals surface area contributed by atoms with Gasteiger partial charge in [0.25, 0.3) is 11.8 Å². The van der Waals surface area contributed by atoms with Gasteiger partial charge in [-0.25, -0.2) is 13.4 Å². The van der Waals surface area contributed by atoms with E-state index in [0.717, 1.165) is 22.9 Å². The molecule has 2 aromatic carbocycles. The van der Waals surface area contributed by atoms with E-state index in [2.05, 4.69) is 25.3 Å². The largest absolute Gasteiger partial charge is 0.348 e. The van der Waals surface area contributed by atoms with E-state index in [1.807, 2.05) is 13.0 Å². The Morgan fingerprint density at radius 1 is 0.972 bits per heavy atom. The standard InChI is InChI=1S/C25H23N5O4S2/c1-16-6-7-18(24(32)29-25-26-10-11-35-25)13-21(16)22-9-8-19(15-27-22)23(31)28-14-17-4-3-5-20(12-17)30-36(2,33)34/h3-13,15,30H,14H2,1-2H3,(H,28,31)(H,26,29,32). The highest BCUT2D eigenvalue weighted by molar-refractivity contribution is 7.92. The predicted octanol–water partition coefficient (Wildman–Crippen LogP) is 4.07. The van der Waals surface area contributed by atoms with E-state index in [1.165, 1.54) is 17.5 Å². The fourth-order valence-corrected chi connectivity index (χ4v) is 4.50. The summed E-state index contributed by atoms with van der Waals surface area (Å²) in [6.45, 7) is 2.14. The molecule has 4 rings (SSSR count). The van der Waals surface area contributed by atoms with Crippen molar-refractivity contribution in [3.05, 3.63) is 94.6 Å². The summed E-state index contributed by atoms with van der Waals surface area (Å²) < 4.78 is 25.3. The van der Waals surface area contributed by atoms with Gasteiger partial charge in [0.1, 0.15) is 0 Å². The smallest absolute Gasteiger partial charge is 0.257 e. The van der Waals surface area contributed by atoms with E-state index in [0.29, 0.717) is 27.6 Å². The van der Waals surface area contributed by atoms with Crippen LogP contribution in [0.1, 0.15) is 31.8 Å². The molecule has 2 aromatic heterocycles. The van der Waals surface area contributed by atoms with Crippen molar-refractivity contribution < 1.29 is 18.0 Å². The van der Waals surface area contributed by atoms with Crippen molar-refractivity contribution in [3.8, 4) is 11.3 Å². The second-order valence-electron chi connectivity index (χ2n) is 8.01. The molecule has 2 amide bonds. The highest BCUT2D eigenvalue weighted by Crippen LogP contribution is 2.24. The molecule has 4 aromatic rings. The van der Waals surface area contributed by atoms with Crippen LogP contribution in [-0.2, 0) is 16.6 Å². The second-order valence-corrected chi connectivity index (χ2v) is 10.7. The number of rotatable bonds is 8. The molecule has 0 fully saturated rings. The number of sulfonamides is 1. The van der Waals surface area contributed by atoms with E-state index in [4.69, 9.17) is 0 Å². The number of hydrogen-bond donors (Lipinski definition) is 3. The zero-order chi connectivity index (χ0) is 25.7. The number of pyridine rings is 1. The molecule has 0 aliphatic rings. The molecule has 9 nitrogen and oxygen atoms in total. The summed E-state index contributed by atoms with van der Waals surface area (Å²) in [7, 11) is -3.39. The van der Waals surface area contributed by atoms with Crippen LogP contribution in [0.15, 0.2) is 72.4 Å². The predicted molar refractivity (Wildman–Crippen MR) is 141 cm³/mol. The summed E-state index contributed by atoms with van der Waals surface area (Å²) in [6.07, 6.45) is 4.18. The van der Waals surface area contributed by atoms with Gasteiger partial charge in [0, 0.05) is 41.1 Å². The number of nitrogens with zero attached hydrogens (tertiary/aromatic N) is 2. The van der Waals surface area contributed by atoms with Crippen molar-refractivity contribution in [2.24, 2.45) is 0 Å². The lowest BCUT2D eigenvalue weighted by Gasteiger charge is -2.10. The van der Waals surface area contributed by atoms with Crippen LogP contribution in [0.3, 0.4) is 0 Å². The maximum atomic E-state index is 12.6. The van der Waals surface area contributed by atoms with Gasteiger partial charge in [-0.3, -0.25) is 24.6 Å². The Hall–Kier alpha value is -4.09. The quantitative estimate of drug-likeness (QED) is 0.321. The van der Waals surface area contributed by atoms with Crippen LogP contribution in [0, 0.1) is 6.92 Å². The lowest BCUT2D eigenvalue weighted by atomic mass is 10.0. The number of carbonyl (C=O) groups excluding carboxylic acids is 2. The van der Waals surface area contributed by atoms with Gasteiger partial charge in [-0.15, -0.1) is 11.3 Å². The van der Waals surface area contributed by atoms with Crippen LogP contribution in [-0.4, -0.2) is 36.5 Å². The first kappa shape index (κ1) is 25.0. The number of thiazole rings is 1. The summed E-state index contributed by atoms with van der Waals surface area (Å²) in [5.74, 6) is -0.582. The minimum absolute atomic E-state index is 0.217. The molecule has 0 radical (unpaired) electrons. The number of nitrogens with one attached hydrogen (secondary N) is 3. The summed E-state index contributed by atoms with van der Waals surface area (Å²) in [5, 5.41) is 7.88. The van der Waals surface area contributed by atoms with Gasteiger partial charge in [-0.2, -0.15) is 0 Å². The first-order chi connectivity index (χ1) is 17.2. The normalized spacial score (nSPS) is 11.1. The van der Waals surface area contributed by atoms with Crippen LogP contribution in [0.4, 0.5) is 10.8 Å². The number of aryl methyl sites for hydroxylation is 1. The van der Waals surface area contributed by atoms with Gasteiger partial charge in [0.2, 0.25) is 10.0 Å². The monoisotopic (exact) mass is 521 g/mol. The zero-order valence-electron chi connectivity index (χ0n) is 19.5. The van der Waals surface area contributed by atoms with Crippen molar-refractivity contribution in [2.45, 2.75) is 13.5 Å². The topological polar surface area (TPSA) is 130 Å². The van der Waals surface area contributed by atoms with E-state index in [1.54, 1.807) is 60.1 Å². The average molecular weight is 522 g/mol. The molecule has 0 bridgehead atoms. The Morgan fingerprint density at radius 3 is 2.47 bits per heavy atom. The highest BCUT2D eigenvalue weighted by Gasteiger charge is 2.13. The number of aromatic nitrogens is 2. The van der Waals surface area contributed by atoms with E-state index in [-0.39, 0.29) is 18.4 Å². The van der Waals surface area contributed by atoms with E-state index < -0.39 is 10.0 Å². The summed E-state index contributed by atoms with van der Waals surface area (Å²) in [5.41, 5.74) is 4.37. The SMILES string of the molecule is Cc1ccc(C(=O)Nc2nccs2)cc1-c1ccc(C(=O)NCc2cccc(NS(C)(=O)=O)c2)cn1. The molecule has 2 heterocycles. The molecule has 0 unspecified atom stereocenters. The molecular formula is C25H23N5O4S2. The number of benzene rings is 2. The Kier molecular flexibility index (Phi) is 7.41. The van der Waals surface area contributed by atoms with Crippen LogP contribution in [0.25, 0.3) is 11.3 Å². The molecule has 0 aliphatic carbocycles. The van der Waals surface area contributed by atoms with Crippen molar-refractivity contribution in [3.63, 3.8) is 0 Å². The van der Waals surface area contributed by atoms with Crippen molar-refractivity contribution in [1.82, 2.24) is 15.3 Å². The van der Waals surface area contributed by atoms with E-state index >= 15 is 0 Å². The fourth-order valence-electron chi connectivity index (χ4n) is 3.42. The highest BCUT2D eigenvalue weighted by atomic mass is 32.2. The lowest BCUT2D eigenvalue weighted by Crippen LogP contribution is -2.23. The molecule has 0 saturated heterocycles. The zero-order valence-corrected chi connectivity index (χ0v) is 21.1. The molecule has 3 N–H and O–H groups in total. The Labute approximate surface area is 212 Å². The van der Waals surface area contributed by atoms with Crippen LogP contribution >= 0.6 is 11.3 Å². The number of anilines is 2. The van der Waals surface area contributed by atoms with Crippen LogP contribution < -0.4 is 15.4 Å². The molecule has 0 aliphatic heterocycles. The molecule has 0 saturated carbocycles. The first-order valence-corrected chi connectivity index (χ1v) is 13.6. The van der Waals surface area contributed by atoms with Gasteiger partial charge in [0.05, 0.1) is 17.5 Å². The third-order valence-corrected chi connectivity index (χ3v) is 6.43. The lowest BCUT2D eigenvalue weighted by molar-refractivity contribution is 0.0949. The van der Waals surface area contributed by atoms with Gasteiger partial charge in [-0.05, 0) is 54.4 Å². The summed E-state index contributed by atoms with van der Waals surface area (Å²) in [4.78, 5) is 33.7. The maximum absolute atomic E-state index is 12.6. The first-order valence-electron chi connectivity index (χ1n) is 10.8. The average Bonchev–Trinajstić information content (AvgIpc) is 3.35. The van der Waals surface area contributed by atoms with Gasteiger partial charge in [-0.1, -0.05) is 18.2 Å². The fraction of sp³-hybridized carbons (Fsp3) is 0.120. The van der Waals surface area contributed by atoms with Gasteiger partial charge >= 0.3 is 0 Å². The van der Waals surface area contributed by atoms with Crippen LogP contribution in [0.2, 0.25) is 0 Å². The van der Waals surface area contributed by atoms with Crippen molar-refractivity contribution in [1.29, 1.82) is 0 Å². The maximum Gasteiger partial charge on any atom is 0.257 e. The third-order valence-electron chi connectivity index (χ3n) is 5.14. The summed E-state index contributed by atoms with van der Waals surface area (Å²) >= 11 is 1.34. The van der Waals surface area contributed by atoms with Crippen molar-refractivity contribution in [2.75, 3.05) is 16.3 Å². The minimum atomic E-state index is -3.39. The molecule has 11 heteroatoms. The van der Waals surface area contributed by atoms with Gasteiger partial charge < -0.3 is 5.32 Å².